The van der Waals surface area contributed by atoms with Crippen LogP contribution < -0.4 is 0 Å². The largest absolute Gasteiger partial charge is 0.478 e. The molecule has 0 aromatic rings. The van der Waals surface area contributed by atoms with E-state index in [1.165, 1.54) is 0 Å². The zero-order valence-electron chi connectivity index (χ0n) is 11.0. The molecule has 0 rings (SSSR count). The van der Waals surface area contributed by atoms with Crippen LogP contribution in [0.4, 0.5) is 0 Å². The molecule has 0 aliphatic carbocycles. The smallest absolute Gasteiger partial charge is 0.331 e. The van der Waals surface area contributed by atoms with Crippen LogP contribution in [0.5, 0.6) is 0 Å². The van der Waals surface area contributed by atoms with E-state index < -0.39 is 17.5 Å². The molecule has 0 atom stereocenters. The molecule has 0 unspecified atom stereocenters. The van der Waals surface area contributed by atoms with Gasteiger partial charge in [0.1, 0.15) is 5.60 Å². The van der Waals surface area contributed by atoms with E-state index in [9.17, 15) is 9.59 Å². The number of rotatable bonds is 7. The Hall–Kier alpha value is -1.32. The number of aliphatic carboxylic acids is 1. The van der Waals surface area contributed by atoms with Crippen LogP contribution in [-0.4, -0.2) is 22.6 Å². The van der Waals surface area contributed by atoms with Gasteiger partial charge in [0.25, 0.3) is 0 Å². The van der Waals surface area contributed by atoms with Crippen LogP contribution in [0.1, 0.15) is 47.0 Å². The quantitative estimate of drug-likeness (QED) is 0.550. The fourth-order valence-electron chi connectivity index (χ4n) is 1.76. The zero-order valence-corrected chi connectivity index (χ0v) is 11.0. The molecule has 0 spiro atoms. The third kappa shape index (κ3) is 7.55. The van der Waals surface area contributed by atoms with Crippen LogP contribution in [0.25, 0.3) is 0 Å². The van der Waals surface area contributed by atoms with Gasteiger partial charge >= 0.3 is 11.9 Å². The van der Waals surface area contributed by atoms with E-state index in [-0.39, 0.29) is 0 Å². The molecule has 0 fully saturated rings. The van der Waals surface area contributed by atoms with Gasteiger partial charge in [-0.05, 0) is 26.2 Å². The second-order valence-corrected chi connectivity index (χ2v) is 4.74. The van der Waals surface area contributed by atoms with Gasteiger partial charge in [-0.25, -0.2) is 9.59 Å². The third-order valence-corrected chi connectivity index (χ3v) is 2.67. The summed E-state index contributed by atoms with van der Waals surface area (Å²) in [6.45, 7) is 7.91. The summed E-state index contributed by atoms with van der Waals surface area (Å²) in [6.07, 6.45) is 4.60. The highest BCUT2D eigenvalue weighted by Gasteiger charge is 2.25. The van der Waals surface area contributed by atoms with E-state index in [1.54, 1.807) is 0 Å². The minimum absolute atomic E-state index is 0.515. The Morgan fingerprint density at radius 2 is 1.76 bits per heavy atom. The molecule has 98 valence electrons. The van der Waals surface area contributed by atoms with Crippen molar-refractivity contribution in [3.63, 3.8) is 0 Å². The summed E-state index contributed by atoms with van der Waals surface area (Å²) < 4.78 is 5.23. The second kappa shape index (κ2) is 7.09. The van der Waals surface area contributed by atoms with Gasteiger partial charge in [0.2, 0.25) is 0 Å². The molecule has 0 aromatic carbocycles. The number of carboxylic acids is 1. The Bertz CT molecular complexity index is 288. The molecule has 4 heteroatoms. The lowest BCUT2D eigenvalue weighted by Crippen LogP contribution is -2.30. The number of ether oxygens (including phenoxy) is 1. The maximum atomic E-state index is 11.3. The van der Waals surface area contributed by atoms with Crippen molar-refractivity contribution in [3.8, 4) is 0 Å². The molecule has 0 aromatic heterocycles. The van der Waals surface area contributed by atoms with E-state index >= 15 is 0 Å². The van der Waals surface area contributed by atoms with Crippen molar-refractivity contribution in [3.05, 3.63) is 12.2 Å². The second-order valence-electron chi connectivity index (χ2n) is 4.74. The maximum Gasteiger partial charge on any atom is 0.331 e. The fourth-order valence-corrected chi connectivity index (χ4v) is 1.76. The van der Waals surface area contributed by atoms with Crippen LogP contribution in [-0.2, 0) is 14.3 Å². The summed E-state index contributed by atoms with van der Waals surface area (Å²) in [4.78, 5) is 21.6. The lowest BCUT2D eigenvalue weighted by molar-refractivity contribution is -0.152. The number of carbonyl (C=O) groups excluding carboxylic acids is 1. The Balaban J connectivity index is 4.33. The molecule has 1 N–H and O–H groups in total. The first-order chi connectivity index (χ1) is 7.80. The van der Waals surface area contributed by atoms with Crippen molar-refractivity contribution in [2.24, 2.45) is 5.92 Å². The first kappa shape index (κ1) is 15.7. The molecular formula is C13H22O4. The molecule has 0 radical (unpaired) electrons. The summed E-state index contributed by atoms with van der Waals surface area (Å²) in [5.41, 5.74) is -0.559. The zero-order chi connectivity index (χ0) is 13.5. The molecule has 0 amide bonds. The predicted molar refractivity (Wildman–Crippen MR) is 65.6 cm³/mol. The van der Waals surface area contributed by atoms with E-state index in [4.69, 9.17) is 9.84 Å². The molecule has 0 bridgehead atoms. The Morgan fingerprint density at radius 3 is 2.18 bits per heavy atom. The van der Waals surface area contributed by atoms with E-state index in [0.29, 0.717) is 5.92 Å². The number of hydrogen-bond donors (Lipinski definition) is 1. The summed E-state index contributed by atoms with van der Waals surface area (Å²) in [5, 5.41) is 8.39. The van der Waals surface area contributed by atoms with Gasteiger partial charge in [-0.1, -0.05) is 26.7 Å². The number of hydrogen-bond acceptors (Lipinski definition) is 3. The summed E-state index contributed by atoms with van der Waals surface area (Å²) in [7, 11) is 0. The molecule has 0 aliphatic rings. The Kier molecular flexibility index (Phi) is 6.54. The SMILES string of the molecule is CCC(CC)CC(C)(C)OC(=O)/C=C/C(=O)O. The standard InChI is InChI=1S/C13H22O4/c1-5-10(6-2)9-13(3,4)17-12(16)8-7-11(14)15/h7-8,10H,5-6,9H2,1-4H3,(H,14,15)/b8-7+. The van der Waals surface area contributed by atoms with Crippen LogP contribution in [0.2, 0.25) is 0 Å². The molecule has 0 saturated heterocycles. The Morgan fingerprint density at radius 1 is 1.24 bits per heavy atom. The van der Waals surface area contributed by atoms with Crippen molar-refractivity contribution in [1.82, 2.24) is 0 Å². The van der Waals surface area contributed by atoms with Crippen molar-refractivity contribution in [2.45, 2.75) is 52.6 Å². The average molecular weight is 242 g/mol. The van der Waals surface area contributed by atoms with Crippen molar-refractivity contribution in [2.75, 3.05) is 0 Å². The summed E-state index contributed by atoms with van der Waals surface area (Å²) in [5.74, 6) is -1.25. The minimum Gasteiger partial charge on any atom is -0.478 e. The molecule has 0 saturated carbocycles. The number of carbonyl (C=O) groups is 2. The van der Waals surface area contributed by atoms with Gasteiger partial charge in [0, 0.05) is 12.2 Å². The summed E-state index contributed by atoms with van der Waals surface area (Å²) in [6, 6.07) is 0. The first-order valence-electron chi connectivity index (χ1n) is 5.94. The van der Waals surface area contributed by atoms with E-state index in [2.05, 4.69) is 13.8 Å². The van der Waals surface area contributed by atoms with Gasteiger partial charge in [-0.3, -0.25) is 0 Å². The fraction of sp³-hybridized carbons (Fsp3) is 0.692. The van der Waals surface area contributed by atoms with Gasteiger partial charge in [0.15, 0.2) is 0 Å². The monoisotopic (exact) mass is 242 g/mol. The molecule has 0 aliphatic heterocycles. The average Bonchev–Trinajstić information content (AvgIpc) is 2.22. The minimum atomic E-state index is -1.15. The van der Waals surface area contributed by atoms with Crippen LogP contribution in [0.3, 0.4) is 0 Å². The molecule has 17 heavy (non-hydrogen) atoms. The van der Waals surface area contributed by atoms with Crippen LogP contribution in [0, 0.1) is 5.92 Å². The van der Waals surface area contributed by atoms with Gasteiger partial charge < -0.3 is 9.84 Å². The van der Waals surface area contributed by atoms with Gasteiger partial charge in [-0.15, -0.1) is 0 Å². The first-order valence-corrected chi connectivity index (χ1v) is 5.94. The highest BCUT2D eigenvalue weighted by atomic mass is 16.6. The molecule has 4 nitrogen and oxygen atoms in total. The van der Waals surface area contributed by atoms with Gasteiger partial charge in [0.05, 0.1) is 0 Å². The number of esters is 1. The van der Waals surface area contributed by atoms with Crippen LogP contribution >= 0.6 is 0 Å². The lowest BCUT2D eigenvalue weighted by Gasteiger charge is -2.28. The maximum absolute atomic E-state index is 11.3. The third-order valence-electron chi connectivity index (χ3n) is 2.67. The predicted octanol–water partition coefficient (Wildman–Crippen LogP) is 2.78. The molecular weight excluding hydrogens is 220 g/mol. The summed E-state index contributed by atoms with van der Waals surface area (Å²) >= 11 is 0. The van der Waals surface area contributed by atoms with E-state index in [0.717, 1.165) is 31.4 Å². The van der Waals surface area contributed by atoms with Crippen molar-refractivity contribution < 1.29 is 19.4 Å². The normalized spacial score (nSPS) is 12.1. The number of carboxylic acid groups (broad SMARTS) is 1. The lowest BCUT2D eigenvalue weighted by atomic mass is 9.89. The highest BCUT2D eigenvalue weighted by Crippen LogP contribution is 2.25. The highest BCUT2D eigenvalue weighted by molar-refractivity contribution is 5.90. The molecule has 0 heterocycles. The van der Waals surface area contributed by atoms with Gasteiger partial charge in [-0.2, -0.15) is 0 Å². The topological polar surface area (TPSA) is 63.6 Å². The Labute approximate surface area is 103 Å². The van der Waals surface area contributed by atoms with Crippen LogP contribution in [0.15, 0.2) is 12.2 Å². The van der Waals surface area contributed by atoms with Crippen molar-refractivity contribution >= 4 is 11.9 Å². The van der Waals surface area contributed by atoms with Crippen molar-refractivity contribution in [1.29, 1.82) is 0 Å². The van der Waals surface area contributed by atoms with E-state index in [1.807, 2.05) is 13.8 Å².